The van der Waals surface area contributed by atoms with E-state index in [0.717, 1.165) is 11.1 Å². The van der Waals surface area contributed by atoms with Crippen molar-refractivity contribution in [3.05, 3.63) is 69.8 Å². The Bertz CT molecular complexity index is 1080. The zero-order chi connectivity index (χ0) is 28.1. The Balaban J connectivity index is 1.89. The molecule has 206 valence electrons. The third kappa shape index (κ3) is 10.0. The summed E-state index contributed by atoms with van der Waals surface area (Å²) < 4.78 is 0. The lowest BCUT2D eigenvalue weighted by molar-refractivity contribution is -0.384. The molecule has 38 heavy (non-hydrogen) atoms. The largest absolute Gasteiger partial charge is 0.508 e. The van der Waals surface area contributed by atoms with Crippen LogP contribution in [0.15, 0.2) is 48.5 Å². The topological polar surface area (TPSA) is 168 Å². The Morgan fingerprint density at radius 3 is 2.29 bits per heavy atom. The van der Waals surface area contributed by atoms with Crippen molar-refractivity contribution in [2.75, 3.05) is 31.6 Å². The predicted molar refractivity (Wildman–Crippen MR) is 147 cm³/mol. The van der Waals surface area contributed by atoms with Crippen molar-refractivity contribution in [1.82, 2.24) is 15.5 Å². The zero-order valence-electron chi connectivity index (χ0n) is 21.6. The molecule has 5 N–H and O–H groups in total. The van der Waals surface area contributed by atoms with E-state index in [2.05, 4.69) is 10.6 Å². The number of hydrogen-bond donors (Lipinski definition) is 4. The second kappa shape index (κ2) is 15.6. The molecule has 12 heteroatoms. The number of carbonyl (C=O) groups is 3. The van der Waals surface area contributed by atoms with Gasteiger partial charge >= 0.3 is 0 Å². The van der Waals surface area contributed by atoms with Crippen LogP contribution in [-0.4, -0.2) is 76.4 Å². The number of nitrogens with two attached hydrogens (primary N) is 1. The Morgan fingerprint density at radius 2 is 1.71 bits per heavy atom. The molecular weight excluding hydrogens is 510 g/mol. The highest BCUT2D eigenvalue weighted by Crippen LogP contribution is 2.13. The highest BCUT2D eigenvalue weighted by molar-refractivity contribution is 7.98. The first-order chi connectivity index (χ1) is 18.1. The highest BCUT2D eigenvalue weighted by atomic mass is 32.2. The van der Waals surface area contributed by atoms with Crippen LogP contribution in [0.1, 0.15) is 24.5 Å². The first kappa shape index (κ1) is 30.6. The molecule has 0 saturated heterocycles. The summed E-state index contributed by atoms with van der Waals surface area (Å²) in [5.74, 6) is -0.492. The molecule has 0 aliphatic rings. The van der Waals surface area contributed by atoms with Gasteiger partial charge in [-0.25, -0.2) is 0 Å². The molecule has 0 heterocycles. The fourth-order valence-corrected chi connectivity index (χ4v) is 4.14. The number of rotatable bonds is 15. The van der Waals surface area contributed by atoms with Gasteiger partial charge in [-0.2, -0.15) is 11.8 Å². The summed E-state index contributed by atoms with van der Waals surface area (Å²) in [7, 11) is 0. The Morgan fingerprint density at radius 1 is 1.08 bits per heavy atom. The average molecular weight is 546 g/mol. The van der Waals surface area contributed by atoms with Crippen LogP contribution < -0.4 is 16.4 Å². The van der Waals surface area contributed by atoms with Gasteiger partial charge in [0.15, 0.2) is 0 Å². The number of thioether (sulfide) groups is 1. The average Bonchev–Trinajstić information content (AvgIpc) is 2.91. The van der Waals surface area contributed by atoms with Gasteiger partial charge in [-0.15, -0.1) is 0 Å². The lowest BCUT2D eigenvalue weighted by Gasteiger charge is -2.23. The lowest BCUT2D eigenvalue weighted by Crippen LogP contribution is -2.53. The maximum absolute atomic E-state index is 12.9. The Hall–Kier alpha value is -3.64. The number of aromatic hydroxyl groups is 1. The standard InChI is InChI=1S/C26H35N5O6S/c1-3-30(14-12-18-4-8-20(9-5-18)31(36)37)24(33)17-28-26(35)23(13-15-38-2)29-25(34)22(27)16-19-6-10-21(32)11-7-19/h4-11,22-23,32H,3,12-17,27H2,1-2H3,(H,28,35)(H,29,34)/t22-,23+/m0/s1. The Kier molecular flexibility index (Phi) is 12.5. The summed E-state index contributed by atoms with van der Waals surface area (Å²) in [6, 6.07) is 10.8. The fourth-order valence-electron chi connectivity index (χ4n) is 3.67. The smallest absolute Gasteiger partial charge is 0.269 e. The molecular formula is C26H35N5O6S. The van der Waals surface area contributed by atoms with E-state index in [-0.39, 0.29) is 30.3 Å². The molecule has 11 nitrogen and oxygen atoms in total. The highest BCUT2D eigenvalue weighted by Gasteiger charge is 2.24. The number of nitrogens with zero attached hydrogens (tertiary/aromatic N) is 2. The van der Waals surface area contributed by atoms with Crippen LogP contribution in [-0.2, 0) is 27.2 Å². The molecule has 0 bridgehead atoms. The molecule has 2 aromatic rings. The first-order valence-corrected chi connectivity index (χ1v) is 13.7. The van der Waals surface area contributed by atoms with Gasteiger partial charge in [-0.05, 0) is 61.5 Å². The van der Waals surface area contributed by atoms with E-state index >= 15 is 0 Å². The van der Waals surface area contributed by atoms with Gasteiger partial charge in [-0.3, -0.25) is 24.5 Å². The molecule has 0 aromatic heterocycles. The number of likely N-dealkylation sites (N-methyl/N-ethyl adjacent to an activating group) is 1. The van der Waals surface area contributed by atoms with E-state index in [1.54, 1.807) is 29.2 Å². The molecule has 0 radical (unpaired) electrons. The van der Waals surface area contributed by atoms with Gasteiger partial charge in [0.05, 0.1) is 17.5 Å². The second-order valence-corrected chi connectivity index (χ2v) is 9.67. The summed E-state index contributed by atoms with van der Waals surface area (Å²) in [4.78, 5) is 50.2. The number of nitro groups is 1. The number of carbonyl (C=O) groups excluding carboxylic acids is 3. The van der Waals surface area contributed by atoms with Crippen LogP contribution in [0.5, 0.6) is 5.75 Å². The van der Waals surface area contributed by atoms with E-state index < -0.39 is 28.8 Å². The number of phenols is 1. The molecule has 3 amide bonds. The van der Waals surface area contributed by atoms with Crippen LogP contribution in [0.4, 0.5) is 5.69 Å². The molecule has 0 aliphatic carbocycles. The lowest BCUT2D eigenvalue weighted by atomic mass is 10.1. The molecule has 0 spiro atoms. The van der Waals surface area contributed by atoms with Gasteiger partial charge in [0.25, 0.3) is 5.69 Å². The fraction of sp³-hybridized carbons (Fsp3) is 0.423. The van der Waals surface area contributed by atoms with E-state index in [9.17, 15) is 29.6 Å². The summed E-state index contributed by atoms with van der Waals surface area (Å²) in [6.45, 7) is 2.42. The number of nitrogens with one attached hydrogen (secondary N) is 2. The van der Waals surface area contributed by atoms with Crippen molar-refractivity contribution >= 4 is 35.2 Å². The quantitative estimate of drug-likeness (QED) is 0.193. The molecule has 2 rings (SSSR count). The molecule has 2 atom stereocenters. The number of nitro benzene ring substituents is 1. The van der Waals surface area contributed by atoms with Crippen molar-refractivity contribution in [3.8, 4) is 5.75 Å². The first-order valence-electron chi connectivity index (χ1n) is 12.3. The van der Waals surface area contributed by atoms with Crippen LogP contribution in [0.25, 0.3) is 0 Å². The van der Waals surface area contributed by atoms with Gasteiger partial charge < -0.3 is 26.4 Å². The number of amides is 3. The molecule has 0 fully saturated rings. The molecule has 0 saturated carbocycles. The maximum Gasteiger partial charge on any atom is 0.269 e. The monoisotopic (exact) mass is 545 g/mol. The van der Waals surface area contributed by atoms with Crippen LogP contribution in [0.2, 0.25) is 0 Å². The number of benzene rings is 2. The predicted octanol–water partition coefficient (Wildman–Crippen LogP) is 1.62. The minimum absolute atomic E-state index is 0.00399. The van der Waals surface area contributed by atoms with Crippen molar-refractivity contribution in [2.24, 2.45) is 5.73 Å². The minimum atomic E-state index is -0.888. The molecule has 0 aliphatic heterocycles. The van der Waals surface area contributed by atoms with Gasteiger partial charge in [-0.1, -0.05) is 24.3 Å². The number of non-ortho nitro benzene ring substituents is 1. The summed E-state index contributed by atoms with van der Waals surface area (Å²) in [5.41, 5.74) is 7.68. The van der Waals surface area contributed by atoms with Crippen molar-refractivity contribution in [3.63, 3.8) is 0 Å². The normalized spacial score (nSPS) is 12.3. The van der Waals surface area contributed by atoms with Crippen molar-refractivity contribution in [1.29, 1.82) is 0 Å². The third-order valence-corrected chi connectivity index (χ3v) is 6.58. The number of phenolic OH excluding ortho intramolecular Hbond substituents is 1. The molecule has 2 aromatic carbocycles. The van der Waals surface area contributed by atoms with Crippen molar-refractivity contribution in [2.45, 2.75) is 38.3 Å². The van der Waals surface area contributed by atoms with E-state index in [1.165, 1.54) is 36.0 Å². The van der Waals surface area contributed by atoms with E-state index in [1.807, 2.05) is 13.2 Å². The zero-order valence-corrected chi connectivity index (χ0v) is 22.4. The summed E-state index contributed by atoms with van der Waals surface area (Å²) >= 11 is 1.53. The second-order valence-electron chi connectivity index (χ2n) is 8.68. The summed E-state index contributed by atoms with van der Waals surface area (Å²) in [6.07, 6.45) is 3.01. The maximum atomic E-state index is 12.9. The van der Waals surface area contributed by atoms with Crippen LogP contribution in [0.3, 0.4) is 0 Å². The summed E-state index contributed by atoms with van der Waals surface area (Å²) in [5, 5.41) is 25.5. The van der Waals surface area contributed by atoms with Gasteiger partial charge in [0.2, 0.25) is 17.7 Å². The third-order valence-electron chi connectivity index (χ3n) is 5.94. The van der Waals surface area contributed by atoms with E-state index in [4.69, 9.17) is 5.73 Å². The van der Waals surface area contributed by atoms with E-state index in [0.29, 0.717) is 31.7 Å². The Labute approximate surface area is 226 Å². The van der Waals surface area contributed by atoms with Crippen LogP contribution >= 0.6 is 11.8 Å². The van der Waals surface area contributed by atoms with Gasteiger partial charge in [0.1, 0.15) is 11.8 Å². The van der Waals surface area contributed by atoms with Crippen molar-refractivity contribution < 1.29 is 24.4 Å². The van der Waals surface area contributed by atoms with Gasteiger partial charge in [0, 0.05) is 25.2 Å². The number of hydrogen-bond acceptors (Lipinski definition) is 8. The van der Waals surface area contributed by atoms with Crippen LogP contribution in [0, 0.1) is 10.1 Å². The SMILES string of the molecule is CCN(CCc1ccc([N+](=O)[O-])cc1)C(=O)CNC(=O)[C@@H](CCSC)NC(=O)[C@@H](N)Cc1ccc(O)cc1. The minimum Gasteiger partial charge on any atom is -0.508 e. The molecule has 0 unspecified atom stereocenters.